The topological polar surface area (TPSA) is 82.1 Å². The summed E-state index contributed by atoms with van der Waals surface area (Å²) in [6.07, 6.45) is 0. The molecule has 0 saturated carbocycles. The fourth-order valence-corrected chi connectivity index (χ4v) is 4.53. The van der Waals surface area contributed by atoms with Crippen molar-refractivity contribution in [3.8, 4) is 11.5 Å². The summed E-state index contributed by atoms with van der Waals surface area (Å²) in [5.74, 6) is 1.06. The van der Waals surface area contributed by atoms with Crippen molar-refractivity contribution in [2.75, 3.05) is 40.5 Å². The van der Waals surface area contributed by atoms with E-state index in [0.717, 1.165) is 0 Å². The number of likely N-dealkylation sites (tertiary alicyclic amines) is 1. The number of ether oxygens (including phenoxy) is 3. The Labute approximate surface area is 164 Å². The van der Waals surface area contributed by atoms with Crippen LogP contribution in [0.15, 0.2) is 53.4 Å². The number of carbonyl (C=O) groups excluding carboxylic acids is 1. The number of hydrogen-bond acceptors (Lipinski definition) is 6. The maximum Gasteiger partial charge on any atom is 0.253 e. The van der Waals surface area contributed by atoms with Gasteiger partial charge in [0.25, 0.3) is 5.91 Å². The minimum absolute atomic E-state index is 0.180. The number of nitrogens with zero attached hydrogens (tertiary/aromatic N) is 1. The lowest BCUT2D eigenvalue weighted by Crippen LogP contribution is -2.56. The SMILES string of the molecule is COCCOc1ccc(C(=O)N2CC(S(=O)(=O)c3ccc(OC)cc3)C2)cc1. The Morgan fingerprint density at radius 1 is 0.964 bits per heavy atom. The van der Waals surface area contributed by atoms with Gasteiger partial charge in [0.1, 0.15) is 23.4 Å². The monoisotopic (exact) mass is 405 g/mol. The van der Waals surface area contributed by atoms with Crippen LogP contribution in [0.5, 0.6) is 11.5 Å². The first-order chi connectivity index (χ1) is 13.5. The third-order valence-electron chi connectivity index (χ3n) is 4.62. The van der Waals surface area contributed by atoms with E-state index in [2.05, 4.69) is 0 Å². The van der Waals surface area contributed by atoms with Gasteiger partial charge >= 0.3 is 0 Å². The Morgan fingerprint density at radius 3 is 2.14 bits per heavy atom. The normalized spacial score (nSPS) is 14.4. The van der Waals surface area contributed by atoms with Gasteiger partial charge in [-0.05, 0) is 48.5 Å². The van der Waals surface area contributed by atoms with Crippen LogP contribution in [0.2, 0.25) is 0 Å². The number of methoxy groups -OCH3 is 2. The molecule has 1 heterocycles. The Kier molecular flexibility index (Phi) is 6.21. The molecular weight excluding hydrogens is 382 g/mol. The summed E-state index contributed by atoms with van der Waals surface area (Å²) in [5.41, 5.74) is 0.499. The van der Waals surface area contributed by atoms with Gasteiger partial charge in [-0.25, -0.2) is 8.42 Å². The number of hydrogen-bond donors (Lipinski definition) is 0. The van der Waals surface area contributed by atoms with Crippen LogP contribution in [0, 0.1) is 0 Å². The van der Waals surface area contributed by atoms with Crippen molar-refractivity contribution in [2.24, 2.45) is 0 Å². The van der Waals surface area contributed by atoms with E-state index < -0.39 is 15.1 Å². The zero-order valence-electron chi connectivity index (χ0n) is 15.8. The van der Waals surface area contributed by atoms with Crippen LogP contribution < -0.4 is 9.47 Å². The van der Waals surface area contributed by atoms with Gasteiger partial charge in [-0.1, -0.05) is 0 Å². The Bertz CT molecular complexity index is 903. The standard InChI is InChI=1S/C20H23NO6S/c1-25-11-12-27-17-5-3-15(4-6-17)20(22)21-13-19(14-21)28(23,24)18-9-7-16(26-2)8-10-18/h3-10,19H,11-14H2,1-2H3. The van der Waals surface area contributed by atoms with Crippen LogP contribution in [0.25, 0.3) is 0 Å². The minimum Gasteiger partial charge on any atom is -0.497 e. The smallest absolute Gasteiger partial charge is 0.253 e. The van der Waals surface area contributed by atoms with Crippen molar-refractivity contribution in [2.45, 2.75) is 10.1 Å². The van der Waals surface area contributed by atoms with E-state index in [9.17, 15) is 13.2 Å². The Morgan fingerprint density at radius 2 is 1.57 bits per heavy atom. The van der Waals surface area contributed by atoms with Gasteiger partial charge in [0, 0.05) is 25.8 Å². The molecule has 0 bridgehead atoms. The first-order valence-electron chi connectivity index (χ1n) is 8.84. The molecule has 28 heavy (non-hydrogen) atoms. The number of rotatable bonds is 8. The number of benzene rings is 2. The fraction of sp³-hybridized carbons (Fsp3) is 0.350. The maximum atomic E-state index is 12.7. The molecule has 0 radical (unpaired) electrons. The molecule has 0 N–H and O–H groups in total. The highest BCUT2D eigenvalue weighted by atomic mass is 32.2. The molecular formula is C20H23NO6S. The van der Waals surface area contributed by atoms with Crippen molar-refractivity contribution >= 4 is 15.7 Å². The summed E-state index contributed by atoms with van der Waals surface area (Å²) < 4.78 is 40.8. The van der Waals surface area contributed by atoms with Gasteiger partial charge in [-0.2, -0.15) is 0 Å². The molecule has 2 aromatic rings. The summed E-state index contributed by atoms with van der Waals surface area (Å²) in [4.78, 5) is 14.3. The first kappa shape index (κ1) is 20.2. The van der Waals surface area contributed by atoms with Crippen molar-refractivity contribution < 1.29 is 27.4 Å². The molecule has 2 aromatic carbocycles. The Hall–Kier alpha value is -2.58. The minimum atomic E-state index is -3.48. The molecule has 1 fully saturated rings. The molecule has 0 unspecified atom stereocenters. The van der Waals surface area contributed by atoms with Gasteiger partial charge in [0.15, 0.2) is 9.84 Å². The third kappa shape index (κ3) is 4.28. The van der Waals surface area contributed by atoms with Crippen molar-refractivity contribution in [1.29, 1.82) is 0 Å². The third-order valence-corrected chi connectivity index (χ3v) is 6.72. The number of amides is 1. The Balaban J connectivity index is 1.58. The van der Waals surface area contributed by atoms with Gasteiger partial charge in [0.2, 0.25) is 0 Å². The van der Waals surface area contributed by atoms with Crippen molar-refractivity contribution in [1.82, 2.24) is 4.90 Å². The van der Waals surface area contributed by atoms with E-state index in [4.69, 9.17) is 14.2 Å². The zero-order chi connectivity index (χ0) is 20.1. The predicted molar refractivity (Wildman–Crippen MR) is 104 cm³/mol. The molecule has 1 aliphatic rings. The summed E-state index contributed by atoms with van der Waals surface area (Å²) in [7, 11) is -0.354. The van der Waals surface area contributed by atoms with Crippen LogP contribution in [0.3, 0.4) is 0 Å². The first-order valence-corrected chi connectivity index (χ1v) is 10.4. The predicted octanol–water partition coefficient (Wildman–Crippen LogP) is 2.02. The quantitative estimate of drug-likeness (QED) is 0.625. The van der Waals surface area contributed by atoms with Gasteiger partial charge < -0.3 is 19.1 Å². The molecule has 1 amide bonds. The van der Waals surface area contributed by atoms with Crippen LogP contribution in [0.4, 0.5) is 0 Å². The van der Waals surface area contributed by atoms with E-state index >= 15 is 0 Å². The lowest BCUT2D eigenvalue weighted by molar-refractivity contribution is 0.0659. The lowest BCUT2D eigenvalue weighted by atomic mass is 10.1. The maximum absolute atomic E-state index is 12.7. The molecule has 7 nitrogen and oxygen atoms in total. The molecule has 0 spiro atoms. The second-order valence-corrected chi connectivity index (χ2v) is 8.65. The molecule has 0 atom stereocenters. The van der Waals surface area contributed by atoms with Crippen LogP contribution in [-0.2, 0) is 14.6 Å². The molecule has 0 aromatic heterocycles. The highest BCUT2D eigenvalue weighted by molar-refractivity contribution is 7.92. The van der Waals surface area contributed by atoms with Crippen molar-refractivity contribution in [3.63, 3.8) is 0 Å². The lowest BCUT2D eigenvalue weighted by Gasteiger charge is -2.38. The van der Waals surface area contributed by atoms with E-state index in [-0.39, 0.29) is 23.9 Å². The summed E-state index contributed by atoms with van der Waals surface area (Å²) >= 11 is 0. The van der Waals surface area contributed by atoms with Gasteiger partial charge in [-0.15, -0.1) is 0 Å². The van der Waals surface area contributed by atoms with Crippen LogP contribution in [0.1, 0.15) is 10.4 Å². The average molecular weight is 405 g/mol. The average Bonchev–Trinajstić information content (AvgIpc) is 2.67. The second kappa shape index (κ2) is 8.62. The molecule has 1 aliphatic heterocycles. The van der Waals surface area contributed by atoms with E-state index in [1.54, 1.807) is 43.5 Å². The molecule has 8 heteroatoms. The molecule has 0 aliphatic carbocycles. The van der Waals surface area contributed by atoms with E-state index in [0.29, 0.717) is 30.3 Å². The highest BCUT2D eigenvalue weighted by Crippen LogP contribution is 2.26. The summed E-state index contributed by atoms with van der Waals surface area (Å²) in [6, 6.07) is 13.1. The van der Waals surface area contributed by atoms with Crippen LogP contribution >= 0.6 is 0 Å². The second-order valence-electron chi connectivity index (χ2n) is 6.42. The molecule has 1 saturated heterocycles. The van der Waals surface area contributed by atoms with Gasteiger partial charge in [-0.3, -0.25) is 4.79 Å². The zero-order valence-corrected chi connectivity index (χ0v) is 16.6. The highest BCUT2D eigenvalue weighted by Gasteiger charge is 2.40. The summed E-state index contributed by atoms with van der Waals surface area (Å²) in [6.45, 7) is 1.28. The van der Waals surface area contributed by atoms with Crippen molar-refractivity contribution in [3.05, 3.63) is 54.1 Å². The molecule has 150 valence electrons. The van der Waals surface area contributed by atoms with E-state index in [1.165, 1.54) is 24.1 Å². The largest absolute Gasteiger partial charge is 0.497 e. The fourth-order valence-electron chi connectivity index (χ4n) is 2.88. The van der Waals surface area contributed by atoms with Gasteiger partial charge in [0.05, 0.1) is 18.6 Å². The molecule has 3 rings (SSSR count). The number of sulfone groups is 1. The van der Waals surface area contributed by atoms with Crippen LogP contribution in [-0.4, -0.2) is 65.0 Å². The summed E-state index contributed by atoms with van der Waals surface area (Å²) in [5, 5.41) is -0.596. The van der Waals surface area contributed by atoms with E-state index in [1.807, 2.05) is 0 Å². The number of carbonyl (C=O) groups is 1.